The Morgan fingerprint density at radius 2 is 0.818 bits per heavy atom. The second-order valence-corrected chi connectivity index (χ2v) is 40.8. The number of hydrogen-bond donors (Lipinski definition) is 1. The lowest BCUT2D eigenvalue weighted by Crippen LogP contribution is -2.53. The standard InChI is InChI=1S/C25H26ClFN4.C24H24ClFN4.C24H17ClFN3.C23H24FN5.C22H17ClFN5/c1-30(2)17-7-9-18(10-8-17)31-15-29-24(16-6-11-22(27)21(26)14-16)25(31)20-12-13-28-23-5-3-4-19(20)23;1-29-11-8-16(9-12-29)14-30-15-28-23(17-5-6-21(26)20(25)13-17)24(30)19-7-10-27-22-4-2-3-18(19)22;25-20-13-17(9-10-21(20)26)23-24(19-11-12-27-22-8-4-7-18(19)22)29(15-28-23)14-16-5-2-1-3-6-16;1-28(2)23(10-3-11-23)14-29-15-27-20(16-4-6-17(24)7-5-16)21(29)18-8-12-25-22-19(18)9-13-26-22;1-28-10-8-15(27-28)12-29-13-26-21(14-5-6-19(24)18(23)11-14)22(29)17-7-9-25-20-4-2-3-16(17)20/h3-4,6,11-15,17-18H,5,7-10H2,1-2H3;2-3,5-7,10,13,15-16H,4,8-9,11-12,14H2,1H3;1-7,9-13,15H,8,14H2;4-9,12-13,15H,3,10-11,14H2,1-2H3,(H,25,26);2-3,5-11,13H,4,12H2,1H3. The van der Waals surface area contributed by atoms with Crippen molar-refractivity contribution in [2.75, 3.05) is 48.3 Å². The molecule has 0 spiro atoms. The summed E-state index contributed by atoms with van der Waals surface area (Å²) in [6.45, 7) is 5.30. The number of aromatic amines is 1. The van der Waals surface area contributed by atoms with Gasteiger partial charge in [-0.2, -0.15) is 5.10 Å². The largest absolute Gasteiger partial charge is 0.346 e. The van der Waals surface area contributed by atoms with E-state index in [9.17, 15) is 22.0 Å². The smallest absolute Gasteiger partial charge is 0.141 e. The van der Waals surface area contributed by atoms with Crippen molar-refractivity contribution in [3.8, 4) is 113 Å². The number of likely N-dealkylation sites (N-methyl/N-ethyl adjacent to an activating group) is 1. The molecule has 0 amide bonds. The zero-order valence-electron chi connectivity index (χ0n) is 82.7. The Hall–Kier alpha value is -14.5. The van der Waals surface area contributed by atoms with Crippen molar-refractivity contribution in [3.05, 3.63) is 375 Å². The summed E-state index contributed by atoms with van der Waals surface area (Å²) in [5, 5.41) is 5.95. The first-order chi connectivity index (χ1) is 72.0. The number of halogens is 9. The molecular weight excluding hydrogens is 1950 g/mol. The van der Waals surface area contributed by atoms with Gasteiger partial charge in [-0.3, -0.25) is 24.6 Å². The molecule has 0 atom stereocenters. The van der Waals surface area contributed by atoms with Gasteiger partial charge in [-0.25, -0.2) is 51.9 Å². The molecule has 0 bridgehead atoms. The predicted molar refractivity (Wildman–Crippen MR) is 580 cm³/mol. The fourth-order valence-corrected chi connectivity index (χ4v) is 22.2. The Balaban J connectivity index is 0.000000108. The third kappa shape index (κ3) is 20.8. The second-order valence-electron chi connectivity index (χ2n) is 39.2. The van der Waals surface area contributed by atoms with Crippen LogP contribution in [0.1, 0.15) is 120 Å². The normalized spacial score (nSPS) is 15.7. The molecule has 148 heavy (non-hydrogen) atoms. The number of nitrogens with zero attached hydrogens (tertiary/aromatic N) is 20. The van der Waals surface area contributed by atoms with Gasteiger partial charge < -0.3 is 42.5 Å². The van der Waals surface area contributed by atoms with E-state index in [1.54, 1.807) is 71.7 Å². The van der Waals surface area contributed by atoms with Gasteiger partial charge in [-0.1, -0.05) is 125 Å². The van der Waals surface area contributed by atoms with Crippen LogP contribution in [0.25, 0.3) is 148 Å². The van der Waals surface area contributed by atoms with E-state index in [0.717, 1.165) is 239 Å². The average Bonchev–Trinajstić information content (AvgIpc) is 1.59. The molecule has 6 aromatic carbocycles. The van der Waals surface area contributed by atoms with Crippen LogP contribution in [-0.2, 0) is 58.9 Å². The van der Waals surface area contributed by atoms with E-state index in [4.69, 9.17) is 66.3 Å². The molecule has 6 aliphatic carbocycles. The first kappa shape index (κ1) is 99.5. The Morgan fingerprint density at radius 1 is 0.405 bits per heavy atom. The highest BCUT2D eigenvalue weighted by Crippen LogP contribution is 2.48. The number of fused-ring (bicyclic) bond motifs is 5. The maximum atomic E-state index is 13.8. The van der Waals surface area contributed by atoms with Gasteiger partial charge in [-0.15, -0.1) is 0 Å². The number of piperidine rings is 1. The number of hydrogen-bond acceptors (Lipinski definition) is 14. The van der Waals surface area contributed by atoms with Gasteiger partial charge in [-0.05, 0) is 257 Å². The minimum atomic E-state index is -0.447. The monoisotopic (exact) mass is 2050 g/mol. The van der Waals surface area contributed by atoms with E-state index in [2.05, 4.69) is 192 Å². The number of allylic oxidation sites excluding steroid dienone is 4. The third-order valence-electron chi connectivity index (χ3n) is 29.5. The fourth-order valence-electron chi connectivity index (χ4n) is 21.4. The number of benzene rings is 6. The minimum Gasteiger partial charge on any atom is -0.346 e. The molecule has 1 N–H and O–H groups in total. The molecule has 13 heterocycles. The quantitative estimate of drug-likeness (QED) is 0.0667. The summed E-state index contributed by atoms with van der Waals surface area (Å²) in [7, 11) is 12.7. The lowest BCUT2D eigenvalue weighted by atomic mass is 9.75. The zero-order valence-corrected chi connectivity index (χ0v) is 85.7. The molecular formula is C118H108Cl4F5N21. The van der Waals surface area contributed by atoms with Crippen molar-refractivity contribution >= 4 is 81.7 Å². The summed E-state index contributed by atoms with van der Waals surface area (Å²) in [5.41, 5.74) is 30.6. The van der Waals surface area contributed by atoms with Crippen molar-refractivity contribution in [1.82, 2.24) is 102 Å². The van der Waals surface area contributed by atoms with Gasteiger partial charge in [0.2, 0.25) is 0 Å². The summed E-state index contributed by atoms with van der Waals surface area (Å²) >= 11 is 24.3. The SMILES string of the molecule is CN(C)C1(Cn2cnc(-c3ccc(F)cc3)c2-c2ccnc3[nH]ccc23)CCC1.CN(C)C1CCC(n2cnc(-c3ccc(F)c(Cl)c3)c2-c2ccnc3c2C=CC3)CC1.CN1CCC(Cn2cnc(-c3ccc(F)c(Cl)c3)c2-c2ccnc3c2C=CC3)CC1.Cn1ccc(Cn2cnc(-c3ccc(F)c(Cl)c3)c2-c2ccnc3c2C=CC3)n1.Fc1ccc(-c2ncn(Cc3ccccc3)c2-c2ccnc3c2C=CC3)cc1Cl. The van der Waals surface area contributed by atoms with Gasteiger partial charge in [0.15, 0.2) is 0 Å². The summed E-state index contributed by atoms with van der Waals surface area (Å²) in [4.78, 5) is 56.5. The van der Waals surface area contributed by atoms with E-state index < -0.39 is 23.3 Å². The zero-order chi connectivity index (χ0) is 102. The van der Waals surface area contributed by atoms with Crippen LogP contribution in [-0.4, -0.2) is 162 Å². The highest BCUT2D eigenvalue weighted by molar-refractivity contribution is 6.32. The first-order valence-corrected chi connectivity index (χ1v) is 51.4. The number of rotatable bonds is 21. The van der Waals surface area contributed by atoms with E-state index >= 15 is 0 Å². The number of likely N-dealkylation sites (tertiary alicyclic amines) is 1. The molecule has 1 saturated heterocycles. The van der Waals surface area contributed by atoms with E-state index in [1.807, 2.05) is 118 Å². The molecule has 12 aromatic heterocycles. The highest BCUT2D eigenvalue weighted by atomic mass is 35.5. The van der Waals surface area contributed by atoms with Crippen molar-refractivity contribution in [1.29, 1.82) is 0 Å². The summed E-state index contributed by atoms with van der Waals surface area (Å²) in [5.74, 6) is -1.34. The molecule has 21 nitrogen and oxygen atoms in total. The van der Waals surface area contributed by atoms with E-state index in [1.165, 1.54) is 86.9 Å². The molecule has 0 radical (unpaired) electrons. The summed E-state index contributed by atoms with van der Waals surface area (Å²) in [6.07, 6.45) is 53.4. The minimum absolute atomic E-state index is 0.0765. The van der Waals surface area contributed by atoms with Crippen molar-refractivity contribution in [3.63, 3.8) is 0 Å². The first-order valence-electron chi connectivity index (χ1n) is 49.9. The molecule has 25 rings (SSSR count). The van der Waals surface area contributed by atoms with Crippen LogP contribution in [0.3, 0.4) is 0 Å². The maximum absolute atomic E-state index is 13.8. The number of pyridine rings is 5. The van der Waals surface area contributed by atoms with E-state index in [0.29, 0.717) is 31.1 Å². The number of nitrogens with one attached hydrogen (secondary N) is 1. The van der Waals surface area contributed by atoms with Crippen LogP contribution in [0.4, 0.5) is 22.0 Å². The number of H-pyrrole nitrogens is 1. The van der Waals surface area contributed by atoms with Crippen LogP contribution in [0, 0.1) is 35.0 Å². The molecule has 2 saturated carbocycles. The highest BCUT2D eigenvalue weighted by Gasteiger charge is 2.41. The van der Waals surface area contributed by atoms with E-state index in [-0.39, 0.29) is 31.4 Å². The fraction of sp³-hybridized carbons (Fsp3) is 0.246. The molecule has 0 unspecified atom stereocenters. The Kier molecular flexibility index (Phi) is 29.3. The Labute approximate surface area is 875 Å². The summed E-state index contributed by atoms with van der Waals surface area (Å²) < 4.78 is 81.4. The number of aryl methyl sites for hydroxylation is 1. The van der Waals surface area contributed by atoms with Crippen LogP contribution < -0.4 is 0 Å². The van der Waals surface area contributed by atoms with Crippen LogP contribution in [0.15, 0.2) is 269 Å². The van der Waals surface area contributed by atoms with Crippen LogP contribution in [0.2, 0.25) is 20.1 Å². The van der Waals surface area contributed by atoms with Gasteiger partial charge in [0.05, 0.1) is 144 Å². The van der Waals surface area contributed by atoms with Crippen molar-refractivity contribution in [2.45, 2.75) is 127 Å². The van der Waals surface area contributed by atoms with Crippen LogP contribution >= 0.6 is 46.4 Å². The van der Waals surface area contributed by atoms with Crippen molar-refractivity contribution < 1.29 is 22.0 Å². The molecule has 7 aliphatic rings. The Bertz CT molecular complexity index is 8060. The van der Waals surface area contributed by atoms with Crippen LogP contribution in [0.5, 0.6) is 0 Å². The average molecular weight is 2060 g/mol. The number of aromatic nitrogens is 18. The molecule has 3 fully saturated rings. The predicted octanol–water partition coefficient (Wildman–Crippen LogP) is 26.8. The lowest BCUT2D eigenvalue weighted by Gasteiger charge is -2.47. The van der Waals surface area contributed by atoms with Gasteiger partial charge >= 0.3 is 0 Å². The van der Waals surface area contributed by atoms with Gasteiger partial charge in [0.25, 0.3) is 0 Å². The summed E-state index contributed by atoms with van der Waals surface area (Å²) in [6, 6.07) is 51.2. The lowest BCUT2D eigenvalue weighted by molar-refractivity contribution is 0.0428. The molecule has 30 heteroatoms. The van der Waals surface area contributed by atoms with Gasteiger partial charge in [0, 0.05) is 197 Å². The third-order valence-corrected chi connectivity index (χ3v) is 30.7. The van der Waals surface area contributed by atoms with Gasteiger partial charge in [0.1, 0.15) is 34.7 Å². The van der Waals surface area contributed by atoms with Crippen molar-refractivity contribution in [2.24, 2.45) is 13.0 Å². The number of imidazole rings is 5. The Morgan fingerprint density at radius 3 is 1.26 bits per heavy atom. The maximum Gasteiger partial charge on any atom is 0.141 e. The topological polar surface area (TPSA) is 197 Å². The second kappa shape index (κ2) is 43.5. The molecule has 1 aliphatic heterocycles. The molecule has 748 valence electrons. The molecule has 18 aromatic rings.